The van der Waals surface area contributed by atoms with E-state index in [1.165, 1.54) is 10.6 Å². The van der Waals surface area contributed by atoms with Gasteiger partial charge in [0.05, 0.1) is 18.2 Å². The van der Waals surface area contributed by atoms with Crippen molar-refractivity contribution in [3.05, 3.63) is 40.0 Å². The maximum Gasteiger partial charge on any atom is 0.239 e. The number of anilines is 1. The molecule has 25 heavy (non-hydrogen) atoms. The number of carbonyl (C=O) groups excluding carboxylic acids is 1. The van der Waals surface area contributed by atoms with Gasteiger partial charge in [-0.15, -0.1) is 11.3 Å². The van der Waals surface area contributed by atoms with Gasteiger partial charge in [0.25, 0.3) is 0 Å². The molecule has 3 heterocycles. The lowest BCUT2D eigenvalue weighted by atomic mass is 10.1. The van der Waals surface area contributed by atoms with Crippen LogP contribution in [0.2, 0.25) is 0 Å². The second-order valence-electron chi connectivity index (χ2n) is 6.89. The van der Waals surface area contributed by atoms with Gasteiger partial charge in [-0.2, -0.15) is 5.26 Å². The van der Waals surface area contributed by atoms with Crippen molar-refractivity contribution >= 4 is 22.2 Å². The van der Waals surface area contributed by atoms with E-state index in [0.717, 1.165) is 49.2 Å². The van der Waals surface area contributed by atoms with Crippen molar-refractivity contribution < 1.29 is 4.79 Å². The van der Waals surface area contributed by atoms with Crippen molar-refractivity contribution in [2.75, 3.05) is 18.4 Å². The highest BCUT2D eigenvalue weighted by atomic mass is 32.1. The third kappa shape index (κ3) is 2.99. The lowest BCUT2D eigenvalue weighted by Gasteiger charge is -2.24. The lowest BCUT2D eigenvalue weighted by molar-refractivity contribution is -0.117. The van der Waals surface area contributed by atoms with Crippen LogP contribution in [0.4, 0.5) is 5.00 Å². The predicted octanol–water partition coefficient (Wildman–Crippen LogP) is 3.22. The molecule has 2 aliphatic rings. The quantitative estimate of drug-likeness (QED) is 0.917. The van der Waals surface area contributed by atoms with Crippen molar-refractivity contribution in [3.8, 4) is 6.07 Å². The highest BCUT2D eigenvalue weighted by Crippen LogP contribution is 2.38. The van der Waals surface area contributed by atoms with Crippen molar-refractivity contribution in [1.29, 1.82) is 5.26 Å². The molecule has 4 rings (SSSR count). The van der Waals surface area contributed by atoms with Gasteiger partial charge in [-0.05, 0) is 56.3 Å². The number of amides is 1. The Labute approximate surface area is 151 Å². The number of thiophene rings is 1. The van der Waals surface area contributed by atoms with Crippen molar-refractivity contribution in [1.82, 2.24) is 9.47 Å². The largest absolute Gasteiger partial charge is 0.353 e. The summed E-state index contributed by atoms with van der Waals surface area (Å²) in [5.41, 5.74) is 3.11. The molecule has 1 unspecified atom stereocenters. The molecule has 0 bridgehead atoms. The summed E-state index contributed by atoms with van der Waals surface area (Å²) in [5.74, 6) is -0.0162. The van der Waals surface area contributed by atoms with Gasteiger partial charge in [0.2, 0.25) is 5.91 Å². The van der Waals surface area contributed by atoms with Gasteiger partial charge in [0.1, 0.15) is 11.1 Å². The van der Waals surface area contributed by atoms with E-state index in [-0.39, 0.29) is 5.91 Å². The molecule has 1 atom stereocenters. The minimum atomic E-state index is -0.0162. The van der Waals surface area contributed by atoms with Crippen LogP contribution in [0.5, 0.6) is 0 Å². The molecule has 6 heteroatoms. The number of rotatable bonds is 4. The zero-order chi connectivity index (χ0) is 17.4. The fourth-order valence-corrected chi connectivity index (χ4v) is 5.39. The summed E-state index contributed by atoms with van der Waals surface area (Å²) in [6.45, 7) is 1.32. The van der Waals surface area contributed by atoms with Crippen LogP contribution < -0.4 is 5.32 Å². The number of nitriles is 1. The molecule has 1 saturated heterocycles. The summed E-state index contributed by atoms with van der Waals surface area (Å²) in [7, 11) is 2.05. The SMILES string of the molecule is Cn1cccc1C1CCCN1CC(=O)Nc1sc2c(c1C#N)CCC2. The third-order valence-corrected chi connectivity index (χ3v) is 6.53. The highest BCUT2D eigenvalue weighted by molar-refractivity contribution is 7.16. The van der Waals surface area contributed by atoms with Crippen LogP contribution >= 0.6 is 11.3 Å². The number of fused-ring (bicyclic) bond motifs is 1. The second kappa shape index (κ2) is 6.66. The van der Waals surface area contributed by atoms with Gasteiger partial charge in [-0.25, -0.2) is 0 Å². The second-order valence-corrected chi connectivity index (χ2v) is 8.00. The van der Waals surface area contributed by atoms with Crippen LogP contribution in [0.1, 0.15) is 47.0 Å². The maximum atomic E-state index is 12.6. The molecule has 1 aliphatic heterocycles. The first-order valence-corrected chi connectivity index (χ1v) is 9.69. The Kier molecular flexibility index (Phi) is 4.36. The van der Waals surface area contributed by atoms with E-state index in [0.29, 0.717) is 18.2 Å². The molecule has 0 aromatic carbocycles. The summed E-state index contributed by atoms with van der Waals surface area (Å²) in [5, 5.41) is 13.2. The Bertz CT molecular complexity index is 844. The first-order valence-electron chi connectivity index (χ1n) is 8.87. The summed E-state index contributed by atoms with van der Waals surface area (Å²) < 4.78 is 2.14. The maximum absolute atomic E-state index is 12.6. The van der Waals surface area contributed by atoms with Gasteiger partial charge >= 0.3 is 0 Å². The van der Waals surface area contributed by atoms with E-state index in [4.69, 9.17) is 0 Å². The van der Waals surface area contributed by atoms with Gasteiger partial charge < -0.3 is 9.88 Å². The van der Waals surface area contributed by atoms with Crippen LogP contribution in [0.15, 0.2) is 18.3 Å². The zero-order valence-electron chi connectivity index (χ0n) is 14.4. The Balaban J connectivity index is 1.46. The smallest absolute Gasteiger partial charge is 0.239 e. The number of hydrogen-bond donors (Lipinski definition) is 1. The van der Waals surface area contributed by atoms with E-state index >= 15 is 0 Å². The molecule has 5 nitrogen and oxygen atoms in total. The monoisotopic (exact) mass is 354 g/mol. The number of carbonyl (C=O) groups is 1. The third-order valence-electron chi connectivity index (χ3n) is 5.32. The summed E-state index contributed by atoms with van der Waals surface area (Å²) in [6.07, 6.45) is 7.37. The number of hydrogen-bond acceptors (Lipinski definition) is 4. The molecule has 2 aromatic rings. The molecular weight excluding hydrogens is 332 g/mol. The van der Waals surface area contributed by atoms with E-state index in [2.05, 4.69) is 46.2 Å². The number of nitrogens with one attached hydrogen (secondary N) is 1. The minimum Gasteiger partial charge on any atom is -0.353 e. The van der Waals surface area contributed by atoms with Crippen LogP contribution in [0, 0.1) is 11.3 Å². The van der Waals surface area contributed by atoms with E-state index in [9.17, 15) is 10.1 Å². The van der Waals surface area contributed by atoms with Crippen molar-refractivity contribution in [3.63, 3.8) is 0 Å². The standard InChI is InChI=1S/C19H22N4OS/c1-22-9-3-6-15(22)16-7-4-10-23(16)12-18(24)21-19-14(11-20)13-5-2-8-17(13)25-19/h3,6,9,16H,2,4-5,7-8,10,12H2,1H3,(H,21,24). The molecular formula is C19H22N4OS. The van der Waals surface area contributed by atoms with Crippen molar-refractivity contribution in [2.45, 2.75) is 38.1 Å². The van der Waals surface area contributed by atoms with Gasteiger partial charge in [0, 0.05) is 23.8 Å². The topological polar surface area (TPSA) is 61.1 Å². The molecule has 0 saturated carbocycles. The minimum absolute atomic E-state index is 0.0162. The molecule has 130 valence electrons. The first-order chi connectivity index (χ1) is 12.2. The van der Waals surface area contributed by atoms with Crippen LogP contribution in [-0.2, 0) is 24.7 Å². The lowest BCUT2D eigenvalue weighted by Crippen LogP contribution is -2.33. The summed E-state index contributed by atoms with van der Waals surface area (Å²) in [6, 6.07) is 6.78. The van der Waals surface area contributed by atoms with E-state index in [1.54, 1.807) is 11.3 Å². The van der Waals surface area contributed by atoms with E-state index < -0.39 is 0 Å². The molecule has 0 radical (unpaired) electrons. The fourth-order valence-electron chi connectivity index (χ4n) is 4.13. The number of aryl methyl sites for hydroxylation is 2. The summed E-state index contributed by atoms with van der Waals surface area (Å²) >= 11 is 1.58. The van der Waals surface area contributed by atoms with Crippen LogP contribution in [0.25, 0.3) is 0 Å². The fraction of sp³-hybridized carbons (Fsp3) is 0.474. The van der Waals surface area contributed by atoms with Crippen molar-refractivity contribution in [2.24, 2.45) is 7.05 Å². The van der Waals surface area contributed by atoms with Crippen LogP contribution in [-0.4, -0.2) is 28.5 Å². The molecule has 1 amide bonds. The average molecular weight is 354 g/mol. The highest BCUT2D eigenvalue weighted by Gasteiger charge is 2.30. The average Bonchev–Trinajstić information content (AvgIpc) is 3.32. The molecule has 2 aromatic heterocycles. The number of likely N-dealkylation sites (tertiary alicyclic amines) is 1. The molecule has 1 fully saturated rings. The van der Waals surface area contributed by atoms with E-state index in [1.807, 2.05) is 0 Å². The molecule has 0 spiro atoms. The number of aromatic nitrogens is 1. The Morgan fingerprint density at radius 3 is 3.08 bits per heavy atom. The van der Waals surface area contributed by atoms with Gasteiger partial charge in [-0.3, -0.25) is 9.69 Å². The van der Waals surface area contributed by atoms with Crippen LogP contribution in [0.3, 0.4) is 0 Å². The normalized spacial score (nSPS) is 19.8. The summed E-state index contributed by atoms with van der Waals surface area (Å²) in [4.78, 5) is 16.1. The Morgan fingerprint density at radius 1 is 1.44 bits per heavy atom. The van der Waals surface area contributed by atoms with Gasteiger partial charge in [0.15, 0.2) is 0 Å². The first kappa shape index (κ1) is 16.4. The zero-order valence-corrected chi connectivity index (χ0v) is 15.2. The molecule has 1 N–H and O–H groups in total. The Hall–Kier alpha value is -2.10. The Morgan fingerprint density at radius 2 is 2.32 bits per heavy atom. The predicted molar refractivity (Wildman–Crippen MR) is 98.6 cm³/mol. The molecule has 1 aliphatic carbocycles. The number of nitrogens with zero attached hydrogens (tertiary/aromatic N) is 3. The van der Waals surface area contributed by atoms with Gasteiger partial charge in [-0.1, -0.05) is 0 Å².